The van der Waals surface area contributed by atoms with E-state index in [0.717, 1.165) is 12.0 Å². The minimum absolute atomic E-state index is 0.980. The number of allylic oxidation sites excluding steroid dienone is 4. The van der Waals surface area contributed by atoms with Gasteiger partial charge in [-0.2, -0.15) is 0 Å². The van der Waals surface area contributed by atoms with Crippen molar-refractivity contribution in [1.82, 2.24) is 0 Å². The molecule has 0 radical (unpaired) electrons. The highest BCUT2D eigenvalue weighted by molar-refractivity contribution is 5.96. The van der Waals surface area contributed by atoms with Gasteiger partial charge in [-0.15, -0.1) is 0 Å². The SMILES string of the molecule is CC1=CC(C)=C(c2c(C=N)cccc2-c2ccc(C)c(C)c2C)C1. The van der Waals surface area contributed by atoms with Crippen LogP contribution in [-0.2, 0) is 0 Å². The van der Waals surface area contributed by atoms with Crippen LogP contribution in [0.4, 0.5) is 0 Å². The Balaban J connectivity index is 2.30. The molecule has 0 fully saturated rings. The molecule has 1 heteroatoms. The van der Waals surface area contributed by atoms with Gasteiger partial charge in [0.1, 0.15) is 0 Å². The van der Waals surface area contributed by atoms with E-state index in [0.29, 0.717) is 0 Å². The second-order valence-corrected chi connectivity index (χ2v) is 6.92. The summed E-state index contributed by atoms with van der Waals surface area (Å²) in [5.74, 6) is 0. The van der Waals surface area contributed by atoms with Crippen LogP contribution in [-0.4, -0.2) is 6.21 Å². The van der Waals surface area contributed by atoms with Crippen molar-refractivity contribution in [2.45, 2.75) is 41.0 Å². The zero-order valence-electron chi connectivity index (χ0n) is 15.2. The lowest BCUT2D eigenvalue weighted by molar-refractivity contribution is 1.25. The van der Waals surface area contributed by atoms with Crippen molar-refractivity contribution in [2.24, 2.45) is 0 Å². The van der Waals surface area contributed by atoms with E-state index in [1.54, 1.807) is 0 Å². The molecule has 0 atom stereocenters. The molecule has 0 bridgehead atoms. The topological polar surface area (TPSA) is 23.9 Å². The van der Waals surface area contributed by atoms with Gasteiger partial charge >= 0.3 is 0 Å². The molecule has 2 aromatic carbocycles. The number of hydrogen-bond donors (Lipinski definition) is 1. The van der Waals surface area contributed by atoms with Crippen molar-refractivity contribution >= 4 is 11.8 Å². The quantitative estimate of drug-likeness (QED) is 0.634. The van der Waals surface area contributed by atoms with Gasteiger partial charge in [-0.25, -0.2) is 0 Å². The third kappa shape index (κ3) is 2.65. The molecule has 3 rings (SSSR count). The molecule has 1 aliphatic carbocycles. The second kappa shape index (κ2) is 6.24. The molecule has 0 spiro atoms. The third-order valence-corrected chi connectivity index (χ3v) is 5.30. The summed E-state index contributed by atoms with van der Waals surface area (Å²) in [4.78, 5) is 0. The predicted molar refractivity (Wildman–Crippen MR) is 105 cm³/mol. The van der Waals surface area contributed by atoms with Crippen molar-refractivity contribution in [2.75, 3.05) is 0 Å². The van der Waals surface area contributed by atoms with Gasteiger partial charge in [-0.05, 0) is 85.6 Å². The number of benzene rings is 2. The molecule has 0 aliphatic heterocycles. The van der Waals surface area contributed by atoms with Crippen LogP contribution in [0.15, 0.2) is 47.6 Å². The maximum atomic E-state index is 7.89. The van der Waals surface area contributed by atoms with Crippen LogP contribution < -0.4 is 0 Å². The van der Waals surface area contributed by atoms with E-state index < -0.39 is 0 Å². The molecule has 0 aromatic heterocycles. The molecule has 122 valence electrons. The molecule has 0 unspecified atom stereocenters. The standard InChI is InChI=1S/C23H25N/c1-14-11-16(3)22(12-14)23-19(13-24)7-6-8-21(23)20-10-9-15(2)17(4)18(20)5/h6-11,13,24H,12H2,1-5H3. The predicted octanol–water partition coefficient (Wildman–Crippen LogP) is 6.40. The first-order valence-electron chi connectivity index (χ1n) is 8.52. The van der Waals surface area contributed by atoms with Crippen LogP contribution >= 0.6 is 0 Å². The average molecular weight is 315 g/mol. The van der Waals surface area contributed by atoms with Crippen LogP contribution in [0, 0.1) is 26.2 Å². The fourth-order valence-electron chi connectivity index (χ4n) is 3.71. The van der Waals surface area contributed by atoms with Crippen molar-refractivity contribution in [1.29, 1.82) is 5.41 Å². The largest absolute Gasteiger partial charge is 0.308 e. The van der Waals surface area contributed by atoms with E-state index in [1.165, 1.54) is 56.3 Å². The molecule has 0 saturated carbocycles. The summed E-state index contributed by atoms with van der Waals surface area (Å²) in [5.41, 5.74) is 12.8. The van der Waals surface area contributed by atoms with Crippen molar-refractivity contribution < 1.29 is 0 Å². The Kier molecular flexibility index (Phi) is 4.28. The summed E-state index contributed by atoms with van der Waals surface area (Å²) in [6.45, 7) is 10.9. The van der Waals surface area contributed by atoms with Crippen LogP contribution in [0.5, 0.6) is 0 Å². The fourth-order valence-corrected chi connectivity index (χ4v) is 3.71. The van der Waals surface area contributed by atoms with Gasteiger partial charge in [0.25, 0.3) is 0 Å². The molecule has 0 saturated heterocycles. The summed E-state index contributed by atoms with van der Waals surface area (Å²) in [6, 6.07) is 10.8. The van der Waals surface area contributed by atoms with Gasteiger partial charge in [-0.3, -0.25) is 0 Å². The summed E-state index contributed by atoms with van der Waals surface area (Å²) in [6.07, 6.45) is 4.74. The highest BCUT2D eigenvalue weighted by Gasteiger charge is 2.20. The highest BCUT2D eigenvalue weighted by Crippen LogP contribution is 2.41. The molecular formula is C23H25N. The van der Waals surface area contributed by atoms with Crippen LogP contribution in [0.25, 0.3) is 16.7 Å². The third-order valence-electron chi connectivity index (χ3n) is 5.30. The first-order valence-corrected chi connectivity index (χ1v) is 8.52. The minimum atomic E-state index is 0.980. The Bertz CT molecular complexity index is 894. The van der Waals surface area contributed by atoms with Gasteiger partial charge in [0.15, 0.2) is 0 Å². The van der Waals surface area contributed by atoms with Gasteiger partial charge in [0.05, 0.1) is 0 Å². The van der Waals surface area contributed by atoms with Crippen molar-refractivity contribution in [3.63, 3.8) is 0 Å². The fraction of sp³-hybridized carbons (Fsp3) is 0.261. The lowest BCUT2D eigenvalue weighted by Crippen LogP contribution is -1.99. The summed E-state index contributed by atoms with van der Waals surface area (Å²) in [5, 5.41) is 7.89. The molecule has 1 aliphatic rings. The maximum absolute atomic E-state index is 7.89. The summed E-state index contributed by atoms with van der Waals surface area (Å²) >= 11 is 0. The Morgan fingerprint density at radius 1 is 0.875 bits per heavy atom. The van der Waals surface area contributed by atoms with E-state index in [1.807, 2.05) is 0 Å². The first-order chi connectivity index (χ1) is 11.4. The van der Waals surface area contributed by atoms with E-state index >= 15 is 0 Å². The molecule has 0 amide bonds. The van der Waals surface area contributed by atoms with Crippen molar-refractivity contribution in [3.05, 3.63) is 75.4 Å². The van der Waals surface area contributed by atoms with Gasteiger partial charge in [0, 0.05) is 11.8 Å². The number of hydrogen-bond acceptors (Lipinski definition) is 1. The van der Waals surface area contributed by atoms with Crippen molar-refractivity contribution in [3.8, 4) is 11.1 Å². The molecular weight excluding hydrogens is 290 g/mol. The number of nitrogens with one attached hydrogen (secondary N) is 1. The van der Waals surface area contributed by atoms with Gasteiger partial charge < -0.3 is 5.41 Å². The average Bonchev–Trinajstić information content (AvgIpc) is 2.90. The molecule has 0 heterocycles. The lowest BCUT2D eigenvalue weighted by atomic mass is 9.85. The lowest BCUT2D eigenvalue weighted by Gasteiger charge is -2.19. The zero-order valence-corrected chi connectivity index (χ0v) is 15.2. The summed E-state index contributed by atoms with van der Waals surface area (Å²) in [7, 11) is 0. The smallest absolute Gasteiger partial charge is 0.0256 e. The Hall–Kier alpha value is -2.41. The molecule has 24 heavy (non-hydrogen) atoms. The second-order valence-electron chi connectivity index (χ2n) is 6.92. The van der Waals surface area contributed by atoms with E-state index in [9.17, 15) is 0 Å². The number of aryl methyl sites for hydroxylation is 1. The van der Waals surface area contributed by atoms with Crippen LogP contribution in [0.3, 0.4) is 0 Å². The Morgan fingerprint density at radius 3 is 2.25 bits per heavy atom. The monoisotopic (exact) mass is 315 g/mol. The molecule has 2 aromatic rings. The van der Waals surface area contributed by atoms with Gasteiger partial charge in [-0.1, -0.05) is 42.0 Å². The minimum Gasteiger partial charge on any atom is -0.308 e. The van der Waals surface area contributed by atoms with E-state index in [-0.39, 0.29) is 0 Å². The zero-order chi connectivity index (χ0) is 17.4. The first kappa shape index (κ1) is 16.4. The van der Waals surface area contributed by atoms with Gasteiger partial charge in [0.2, 0.25) is 0 Å². The van der Waals surface area contributed by atoms with E-state index in [2.05, 4.69) is 71.0 Å². The van der Waals surface area contributed by atoms with Crippen LogP contribution in [0.2, 0.25) is 0 Å². The van der Waals surface area contributed by atoms with Crippen LogP contribution in [0.1, 0.15) is 48.1 Å². The molecule has 1 N–H and O–H groups in total. The molecule has 1 nitrogen and oxygen atoms in total. The van der Waals surface area contributed by atoms with E-state index in [4.69, 9.17) is 5.41 Å². The summed E-state index contributed by atoms with van der Waals surface area (Å²) < 4.78 is 0. The number of rotatable bonds is 3. The maximum Gasteiger partial charge on any atom is 0.0256 e. The Morgan fingerprint density at radius 2 is 1.62 bits per heavy atom. The normalized spacial score (nSPS) is 14.1. The highest BCUT2D eigenvalue weighted by atomic mass is 14.3. The Labute approximate surface area is 145 Å².